The molecular formula is C23H20ClF3N2O2S. The maximum Gasteiger partial charge on any atom is 0.255 e. The van der Waals surface area contributed by atoms with E-state index in [0.717, 1.165) is 25.7 Å². The number of nitriles is 1. The number of aliphatic hydroxyl groups is 1. The zero-order valence-corrected chi connectivity index (χ0v) is 18.4. The summed E-state index contributed by atoms with van der Waals surface area (Å²) in [7, 11) is 0. The summed E-state index contributed by atoms with van der Waals surface area (Å²) in [6.07, 6.45) is 3.42. The third-order valence-electron chi connectivity index (χ3n) is 6.46. The van der Waals surface area contributed by atoms with E-state index >= 15 is 0 Å². The Hall–Kier alpha value is -2.21. The molecule has 0 aromatic heterocycles. The van der Waals surface area contributed by atoms with E-state index in [0.29, 0.717) is 22.1 Å². The Morgan fingerprint density at radius 2 is 1.81 bits per heavy atom. The van der Waals surface area contributed by atoms with E-state index in [2.05, 4.69) is 11.4 Å². The minimum absolute atomic E-state index is 0.0620. The first kappa shape index (κ1) is 23.0. The monoisotopic (exact) mass is 480 g/mol. The lowest BCUT2D eigenvalue weighted by atomic mass is 9.73. The van der Waals surface area contributed by atoms with Crippen LogP contribution in [-0.2, 0) is 0 Å². The average Bonchev–Trinajstić information content (AvgIpc) is 2.90. The zero-order valence-electron chi connectivity index (χ0n) is 16.9. The molecule has 0 heterocycles. The number of halogens is 4. The summed E-state index contributed by atoms with van der Waals surface area (Å²) in [6.45, 7) is 0. The van der Waals surface area contributed by atoms with Crippen molar-refractivity contribution in [1.29, 1.82) is 5.26 Å². The number of amides is 1. The molecule has 9 heteroatoms. The van der Waals surface area contributed by atoms with E-state index in [9.17, 15) is 23.1 Å². The van der Waals surface area contributed by atoms with E-state index < -0.39 is 29.0 Å². The normalized spacial score (nSPS) is 26.6. The van der Waals surface area contributed by atoms with Crippen molar-refractivity contribution in [1.82, 2.24) is 0 Å². The van der Waals surface area contributed by atoms with Crippen LogP contribution < -0.4 is 5.32 Å². The molecule has 2 aromatic rings. The third kappa shape index (κ3) is 4.34. The number of benzene rings is 2. The van der Waals surface area contributed by atoms with Crippen molar-refractivity contribution in [2.45, 2.75) is 47.9 Å². The predicted octanol–water partition coefficient (Wildman–Crippen LogP) is 5.94. The molecule has 0 saturated heterocycles. The molecule has 2 N–H and O–H groups in total. The second-order valence-electron chi connectivity index (χ2n) is 8.36. The SMILES string of the molecule is N#CC[C@]1(O)C2CC[C@@H]1C[C@@H](Sc1cc(C(=O)Nc3cc(F)c(F)c(F)c3)ccc1Cl)C2. The van der Waals surface area contributed by atoms with Crippen LogP contribution >= 0.6 is 23.4 Å². The minimum Gasteiger partial charge on any atom is -0.388 e. The lowest BCUT2D eigenvalue weighted by Gasteiger charge is -2.41. The van der Waals surface area contributed by atoms with Gasteiger partial charge < -0.3 is 10.4 Å². The van der Waals surface area contributed by atoms with Gasteiger partial charge >= 0.3 is 0 Å². The van der Waals surface area contributed by atoms with Crippen molar-refractivity contribution in [2.24, 2.45) is 11.8 Å². The van der Waals surface area contributed by atoms with E-state index in [4.69, 9.17) is 16.9 Å². The van der Waals surface area contributed by atoms with Gasteiger partial charge in [-0.3, -0.25) is 4.79 Å². The Morgan fingerprint density at radius 1 is 1.19 bits per heavy atom. The average molecular weight is 481 g/mol. The van der Waals surface area contributed by atoms with Gasteiger partial charge in [0, 0.05) is 33.5 Å². The topological polar surface area (TPSA) is 73.1 Å². The summed E-state index contributed by atoms with van der Waals surface area (Å²) in [5.41, 5.74) is -0.880. The number of anilines is 1. The van der Waals surface area contributed by atoms with Gasteiger partial charge in [-0.2, -0.15) is 5.26 Å². The van der Waals surface area contributed by atoms with E-state index in [1.807, 2.05) is 0 Å². The molecule has 0 radical (unpaired) electrons. The van der Waals surface area contributed by atoms with Gasteiger partial charge in [-0.25, -0.2) is 13.2 Å². The van der Waals surface area contributed by atoms with Crippen LogP contribution in [0.1, 0.15) is 42.5 Å². The highest BCUT2D eigenvalue weighted by atomic mass is 35.5. The fourth-order valence-electron chi connectivity index (χ4n) is 4.87. The summed E-state index contributed by atoms with van der Waals surface area (Å²) >= 11 is 7.87. The Bertz CT molecular complexity index is 1070. The Morgan fingerprint density at radius 3 is 2.41 bits per heavy atom. The molecular weight excluding hydrogens is 461 g/mol. The van der Waals surface area contributed by atoms with Gasteiger partial charge in [0.15, 0.2) is 17.5 Å². The van der Waals surface area contributed by atoms with Crippen molar-refractivity contribution >= 4 is 35.0 Å². The van der Waals surface area contributed by atoms with Crippen molar-refractivity contribution in [3.05, 3.63) is 58.4 Å². The predicted molar refractivity (Wildman–Crippen MR) is 116 cm³/mol. The van der Waals surface area contributed by atoms with Gasteiger partial charge in [-0.1, -0.05) is 11.6 Å². The van der Waals surface area contributed by atoms with E-state index in [1.54, 1.807) is 12.1 Å². The van der Waals surface area contributed by atoms with Gasteiger partial charge in [0.2, 0.25) is 0 Å². The lowest BCUT2D eigenvalue weighted by molar-refractivity contribution is -0.0534. The summed E-state index contributed by atoms with van der Waals surface area (Å²) in [4.78, 5) is 13.3. The van der Waals surface area contributed by atoms with Crippen molar-refractivity contribution in [3.8, 4) is 6.07 Å². The van der Waals surface area contributed by atoms with Crippen LogP contribution in [0.5, 0.6) is 0 Å². The fraction of sp³-hybridized carbons (Fsp3) is 0.391. The number of rotatable bonds is 5. The maximum absolute atomic E-state index is 13.4. The van der Waals surface area contributed by atoms with Gasteiger partial charge in [0.1, 0.15) is 0 Å². The molecule has 2 aromatic carbocycles. The molecule has 1 amide bonds. The largest absolute Gasteiger partial charge is 0.388 e. The standard InChI is InChI=1S/C23H20ClF3N2O2S/c24-17-4-1-12(22(30)29-15-10-18(25)21(27)19(26)11-15)7-20(17)32-16-8-13-2-3-14(9-16)23(13,31)5-6-28/h1,4,7,10-11,13-14,16,31H,2-3,5,8-9H2,(H,29,30)/t13-,14?,16-,23-/m1/s1. The van der Waals surface area contributed by atoms with Crippen LogP contribution in [-0.4, -0.2) is 21.9 Å². The molecule has 4 nitrogen and oxygen atoms in total. The quantitative estimate of drug-likeness (QED) is 0.520. The molecule has 4 atom stereocenters. The molecule has 32 heavy (non-hydrogen) atoms. The molecule has 168 valence electrons. The highest BCUT2D eigenvalue weighted by Gasteiger charge is 2.53. The van der Waals surface area contributed by atoms with Crippen molar-refractivity contribution in [3.63, 3.8) is 0 Å². The number of carbonyl (C=O) groups excluding carboxylic acids is 1. The molecule has 0 aliphatic heterocycles. The third-order valence-corrected chi connectivity index (χ3v) is 8.21. The van der Waals surface area contributed by atoms with Gasteiger partial charge in [0.05, 0.1) is 23.1 Å². The fourth-order valence-corrected chi connectivity index (χ4v) is 6.51. The highest BCUT2D eigenvalue weighted by molar-refractivity contribution is 8.00. The molecule has 2 bridgehead atoms. The number of fused-ring (bicyclic) bond motifs is 2. The number of hydrogen-bond donors (Lipinski definition) is 2. The number of hydrogen-bond acceptors (Lipinski definition) is 4. The highest BCUT2D eigenvalue weighted by Crippen LogP contribution is 2.54. The first-order valence-electron chi connectivity index (χ1n) is 10.2. The van der Waals surface area contributed by atoms with Gasteiger partial charge in [0.25, 0.3) is 5.91 Å². The van der Waals surface area contributed by atoms with Crippen LogP contribution in [0.25, 0.3) is 0 Å². The summed E-state index contributed by atoms with van der Waals surface area (Å²) in [5, 5.41) is 23.0. The molecule has 2 aliphatic carbocycles. The molecule has 2 aliphatic rings. The zero-order chi connectivity index (χ0) is 23.0. The Labute approximate surface area is 192 Å². The number of carbonyl (C=O) groups is 1. The first-order valence-corrected chi connectivity index (χ1v) is 11.5. The maximum atomic E-state index is 13.4. The second-order valence-corrected chi connectivity index (χ2v) is 10.1. The molecule has 2 fully saturated rings. The Kier molecular flexibility index (Phi) is 6.44. The summed E-state index contributed by atoms with van der Waals surface area (Å²) in [5.74, 6) is -4.87. The van der Waals surface area contributed by atoms with Gasteiger partial charge in [-0.15, -0.1) is 11.8 Å². The van der Waals surface area contributed by atoms with Crippen molar-refractivity contribution in [2.75, 3.05) is 5.32 Å². The molecule has 0 spiro atoms. The smallest absolute Gasteiger partial charge is 0.255 e. The Balaban J connectivity index is 1.48. The van der Waals surface area contributed by atoms with Gasteiger partial charge in [-0.05, 0) is 55.7 Å². The van der Waals surface area contributed by atoms with Crippen molar-refractivity contribution < 1.29 is 23.1 Å². The first-order chi connectivity index (χ1) is 15.2. The van der Waals surface area contributed by atoms with E-state index in [1.165, 1.54) is 17.8 Å². The second kappa shape index (κ2) is 8.97. The summed E-state index contributed by atoms with van der Waals surface area (Å²) < 4.78 is 40.0. The minimum atomic E-state index is -1.60. The number of thioether (sulfide) groups is 1. The van der Waals surface area contributed by atoms with Crippen LogP contribution in [0.2, 0.25) is 5.02 Å². The lowest BCUT2D eigenvalue weighted by Crippen LogP contribution is -2.45. The number of nitrogens with zero attached hydrogens (tertiary/aromatic N) is 1. The molecule has 2 saturated carbocycles. The van der Waals surface area contributed by atoms with Crippen LogP contribution in [0, 0.1) is 40.6 Å². The molecule has 1 unspecified atom stereocenters. The number of nitrogens with one attached hydrogen (secondary N) is 1. The van der Waals surface area contributed by atoms with Crippen LogP contribution in [0.4, 0.5) is 18.9 Å². The summed E-state index contributed by atoms with van der Waals surface area (Å²) in [6, 6.07) is 8.21. The van der Waals surface area contributed by atoms with Crippen LogP contribution in [0.3, 0.4) is 0 Å². The van der Waals surface area contributed by atoms with Crippen LogP contribution in [0.15, 0.2) is 35.2 Å². The van der Waals surface area contributed by atoms with E-state index in [-0.39, 0.29) is 34.8 Å². The molecule has 4 rings (SSSR count).